The number of amides is 1. The zero-order valence-electron chi connectivity index (χ0n) is 15.7. The van der Waals surface area contributed by atoms with Gasteiger partial charge in [0.1, 0.15) is 12.4 Å². The van der Waals surface area contributed by atoms with Gasteiger partial charge in [0.15, 0.2) is 0 Å². The Kier molecular flexibility index (Phi) is 6.96. The number of halogens is 1. The molecular formula is C21H26ClN3O2. The van der Waals surface area contributed by atoms with Crippen molar-refractivity contribution in [3.63, 3.8) is 0 Å². The van der Waals surface area contributed by atoms with Crippen LogP contribution in [0.2, 0.25) is 5.02 Å². The van der Waals surface area contributed by atoms with E-state index in [-0.39, 0.29) is 5.91 Å². The van der Waals surface area contributed by atoms with Gasteiger partial charge in [0.25, 0.3) is 0 Å². The zero-order chi connectivity index (χ0) is 19.1. The Labute approximate surface area is 165 Å². The second-order valence-corrected chi connectivity index (χ2v) is 7.14. The highest BCUT2D eigenvalue weighted by atomic mass is 35.5. The van der Waals surface area contributed by atoms with Crippen molar-refractivity contribution in [1.82, 2.24) is 10.2 Å². The molecule has 6 heteroatoms. The second kappa shape index (κ2) is 9.62. The molecule has 1 aliphatic rings. The van der Waals surface area contributed by atoms with Crippen molar-refractivity contribution in [2.24, 2.45) is 0 Å². The van der Waals surface area contributed by atoms with E-state index in [9.17, 15) is 4.79 Å². The van der Waals surface area contributed by atoms with Crippen LogP contribution in [0.25, 0.3) is 0 Å². The topological polar surface area (TPSA) is 44.8 Å². The highest BCUT2D eigenvalue weighted by Gasteiger charge is 2.19. The van der Waals surface area contributed by atoms with Crippen LogP contribution in [0.4, 0.5) is 5.69 Å². The quantitative estimate of drug-likeness (QED) is 0.742. The van der Waals surface area contributed by atoms with Crippen LogP contribution in [0, 0.1) is 6.92 Å². The van der Waals surface area contributed by atoms with E-state index in [0.717, 1.165) is 31.9 Å². The number of ether oxygens (including phenoxy) is 1. The van der Waals surface area contributed by atoms with Gasteiger partial charge >= 0.3 is 0 Å². The van der Waals surface area contributed by atoms with Crippen LogP contribution in [-0.2, 0) is 4.79 Å². The third kappa shape index (κ3) is 5.88. The molecule has 0 radical (unpaired) electrons. The van der Waals surface area contributed by atoms with Gasteiger partial charge in [-0.25, -0.2) is 0 Å². The summed E-state index contributed by atoms with van der Waals surface area (Å²) in [5.74, 6) is 0.792. The molecule has 1 N–H and O–H groups in total. The van der Waals surface area contributed by atoms with Gasteiger partial charge < -0.3 is 15.0 Å². The first-order chi connectivity index (χ1) is 13.1. The number of nitrogens with zero attached hydrogens (tertiary/aromatic N) is 2. The Morgan fingerprint density at radius 2 is 1.78 bits per heavy atom. The Balaban J connectivity index is 1.33. The second-order valence-electron chi connectivity index (χ2n) is 6.70. The minimum absolute atomic E-state index is 0.0408. The van der Waals surface area contributed by atoms with E-state index in [0.29, 0.717) is 24.7 Å². The molecule has 144 valence electrons. The highest BCUT2D eigenvalue weighted by molar-refractivity contribution is 6.30. The van der Waals surface area contributed by atoms with E-state index in [1.807, 2.05) is 12.1 Å². The van der Waals surface area contributed by atoms with Crippen molar-refractivity contribution in [2.45, 2.75) is 6.92 Å². The van der Waals surface area contributed by atoms with Crippen molar-refractivity contribution < 1.29 is 9.53 Å². The Hall–Kier alpha value is -2.24. The van der Waals surface area contributed by atoms with Crippen LogP contribution >= 0.6 is 11.6 Å². The lowest BCUT2D eigenvalue weighted by atomic mass is 10.1. The maximum atomic E-state index is 12.1. The molecule has 0 spiro atoms. The van der Waals surface area contributed by atoms with Gasteiger partial charge in [-0.2, -0.15) is 0 Å². The van der Waals surface area contributed by atoms with Crippen molar-refractivity contribution in [3.8, 4) is 5.75 Å². The minimum Gasteiger partial charge on any atom is -0.492 e. The first kappa shape index (κ1) is 19.5. The number of carbonyl (C=O) groups is 1. The van der Waals surface area contributed by atoms with Crippen LogP contribution in [0.1, 0.15) is 5.56 Å². The zero-order valence-corrected chi connectivity index (χ0v) is 16.4. The molecule has 27 heavy (non-hydrogen) atoms. The number of piperazine rings is 1. The summed E-state index contributed by atoms with van der Waals surface area (Å²) in [6.45, 7) is 7.17. The molecule has 1 aliphatic heterocycles. The van der Waals surface area contributed by atoms with Crippen LogP contribution in [0.5, 0.6) is 5.75 Å². The molecule has 1 fully saturated rings. The summed E-state index contributed by atoms with van der Waals surface area (Å²) in [7, 11) is 0. The van der Waals surface area contributed by atoms with Gasteiger partial charge in [-0.15, -0.1) is 0 Å². The fourth-order valence-corrected chi connectivity index (χ4v) is 3.34. The van der Waals surface area contributed by atoms with E-state index in [1.165, 1.54) is 11.3 Å². The summed E-state index contributed by atoms with van der Waals surface area (Å²) in [5, 5.41) is 3.60. The number of nitrogens with one attached hydrogen (secondary N) is 1. The lowest BCUT2D eigenvalue weighted by molar-refractivity contribution is -0.122. The number of aryl methyl sites for hydroxylation is 1. The SMILES string of the molecule is Cc1ccccc1N1CCN(CC(=O)NCCOc2ccc(Cl)cc2)CC1. The van der Waals surface area contributed by atoms with Crippen molar-refractivity contribution in [1.29, 1.82) is 0 Å². The van der Waals surface area contributed by atoms with E-state index in [1.54, 1.807) is 12.1 Å². The maximum Gasteiger partial charge on any atom is 0.234 e. The van der Waals surface area contributed by atoms with Gasteiger partial charge in [-0.3, -0.25) is 9.69 Å². The molecule has 1 amide bonds. The number of para-hydroxylation sites is 1. The summed E-state index contributed by atoms with van der Waals surface area (Å²) in [6, 6.07) is 15.7. The van der Waals surface area contributed by atoms with Gasteiger partial charge in [-0.05, 0) is 42.8 Å². The number of anilines is 1. The van der Waals surface area contributed by atoms with Crippen molar-refractivity contribution in [2.75, 3.05) is 50.8 Å². The first-order valence-corrected chi connectivity index (χ1v) is 9.67. The molecule has 3 rings (SSSR count). The molecule has 0 saturated carbocycles. The number of hydrogen-bond donors (Lipinski definition) is 1. The summed E-state index contributed by atoms with van der Waals surface area (Å²) in [5.41, 5.74) is 2.59. The summed E-state index contributed by atoms with van der Waals surface area (Å²) in [4.78, 5) is 16.7. The first-order valence-electron chi connectivity index (χ1n) is 9.30. The molecule has 2 aromatic rings. The maximum absolute atomic E-state index is 12.1. The van der Waals surface area contributed by atoms with E-state index < -0.39 is 0 Å². The Morgan fingerprint density at radius 3 is 2.48 bits per heavy atom. The highest BCUT2D eigenvalue weighted by Crippen LogP contribution is 2.20. The van der Waals surface area contributed by atoms with Crippen LogP contribution in [0.3, 0.4) is 0 Å². The molecule has 1 heterocycles. The molecule has 0 atom stereocenters. The Morgan fingerprint density at radius 1 is 1.07 bits per heavy atom. The smallest absolute Gasteiger partial charge is 0.234 e. The van der Waals surface area contributed by atoms with Crippen LogP contribution in [0.15, 0.2) is 48.5 Å². The molecular weight excluding hydrogens is 362 g/mol. The molecule has 0 unspecified atom stereocenters. The standard InChI is InChI=1S/C21H26ClN3O2/c1-17-4-2-3-5-20(17)25-13-11-24(12-14-25)16-21(26)23-10-15-27-19-8-6-18(22)7-9-19/h2-9H,10-16H2,1H3,(H,23,26). The average molecular weight is 388 g/mol. The minimum atomic E-state index is 0.0408. The molecule has 1 saturated heterocycles. The lowest BCUT2D eigenvalue weighted by Crippen LogP contribution is -2.50. The van der Waals surface area contributed by atoms with Gasteiger partial charge in [0, 0.05) is 36.9 Å². The third-order valence-electron chi connectivity index (χ3n) is 4.70. The molecule has 0 aliphatic carbocycles. The molecule has 2 aromatic carbocycles. The molecule has 5 nitrogen and oxygen atoms in total. The Bertz CT molecular complexity index is 743. The van der Waals surface area contributed by atoms with Crippen molar-refractivity contribution in [3.05, 3.63) is 59.1 Å². The molecule has 0 bridgehead atoms. The fraction of sp³-hybridized carbons (Fsp3) is 0.381. The summed E-state index contributed by atoms with van der Waals surface area (Å²) in [6.07, 6.45) is 0. The number of hydrogen-bond acceptors (Lipinski definition) is 4. The predicted octanol–water partition coefficient (Wildman–Crippen LogP) is 2.97. The fourth-order valence-electron chi connectivity index (χ4n) is 3.21. The van der Waals surface area contributed by atoms with Gasteiger partial charge in [0.05, 0.1) is 13.1 Å². The number of carbonyl (C=O) groups excluding carboxylic acids is 1. The normalized spacial score (nSPS) is 14.8. The average Bonchev–Trinajstić information content (AvgIpc) is 2.68. The van der Waals surface area contributed by atoms with E-state index in [4.69, 9.17) is 16.3 Å². The summed E-state index contributed by atoms with van der Waals surface area (Å²) < 4.78 is 5.58. The molecule has 0 aromatic heterocycles. The predicted molar refractivity (Wildman–Crippen MR) is 110 cm³/mol. The summed E-state index contributed by atoms with van der Waals surface area (Å²) >= 11 is 5.84. The van der Waals surface area contributed by atoms with Gasteiger partial charge in [0.2, 0.25) is 5.91 Å². The largest absolute Gasteiger partial charge is 0.492 e. The number of rotatable bonds is 7. The van der Waals surface area contributed by atoms with Crippen LogP contribution in [-0.4, -0.2) is 56.7 Å². The third-order valence-corrected chi connectivity index (χ3v) is 4.95. The monoisotopic (exact) mass is 387 g/mol. The lowest BCUT2D eigenvalue weighted by Gasteiger charge is -2.36. The van der Waals surface area contributed by atoms with Gasteiger partial charge in [-0.1, -0.05) is 29.8 Å². The van der Waals surface area contributed by atoms with Crippen LogP contribution < -0.4 is 15.0 Å². The van der Waals surface area contributed by atoms with E-state index in [2.05, 4.69) is 46.3 Å². The van der Waals surface area contributed by atoms with E-state index >= 15 is 0 Å². The number of benzene rings is 2. The van der Waals surface area contributed by atoms with Crippen molar-refractivity contribution >= 4 is 23.2 Å².